The molecule has 0 heterocycles. The van der Waals surface area contributed by atoms with Crippen LogP contribution in [0.1, 0.15) is 36.5 Å². The molecule has 0 fully saturated rings. The van der Waals surface area contributed by atoms with Gasteiger partial charge in [0.25, 0.3) is 5.91 Å². The van der Waals surface area contributed by atoms with Crippen molar-refractivity contribution >= 4 is 5.91 Å². The van der Waals surface area contributed by atoms with Crippen LogP contribution in [0.25, 0.3) is 0 Å². The fourth-order valence-electron chi connectivity index (χ4n) is 2.17. The van der Waals surface area contributed by atoms with Crippen molar-refractivity contribution in [3.8, 4) is 5.75 Å². The van der Waals surface area contributed by atoms with Crippen LogP contribution < -0.4 is 15.4 Å². The van der Waals surface area contributed by atoms with E-state index in [1.54, 1.807) is 0 Å². The Labute approximate surface area is 121 Å². The lowest BCUT2D eigenvalue weighted by molar-refractivity contribution is -0.123. The molecule has 0 unspecified atom stereocenters. The van der Waals surface area contributed by atoms with Gasteiger partial charge < -0.3 is 15.4 Å². The van der Waals surface area contributed by atoms with Crippen LogP contribution in [-0.2, 0) is 11.3 Å². The van der Waals surface area contributed by atoms with Gasteiger partial charge in [-0.2, -0.15) is 0 Å². The quantitative estimate of drug-likeness (QED) is 0.718. The molecule has 4 heteroatoms. The first kappa shape index (κ1) is 16.5. The minimum absolute atomic E-state index is 0.0587. The molecule has 0 saturated carbocycles. The molecule has 0 aliphatic heterocycles. The average molecular weight is 278 g/mol. The number of benzene rings is 1. The lowest BCUT2D eigenvalue weighted by Crippen LogP contribution is -2.29. The van der Waals surface area contributed by atoms with Gasteiger partial charge in [-0.15, -0.1) is 0 Å². The molecule has 0 atom stereocenters. The Morgan fingerprint density at radius 3 is 2.45 bits per heavy atom. The molecule has 2 N–H and O–H groups in total. The lowest BCUT2D eigenvalue weighted by atomic mass is 10.1. The fraction of sp³-hybridized carbons (Fsp3) is 0.562. The Kier molecular flexibility index (Phi) is 7.09. The fourth-order valence-corrected chi connectivity index (χ4v) is 2.17. The summed E-state index contributed by atoms with van der Waals surface area (Å²) in [5.41, 5.74) is 3.36. The molecule has 1 aromatic carbocycles. The first-order valence-electron chi connectivity index (χ1n) is 7.22. The second-order valence-corrected chi connectivity index (χ2v) is 5.08. The molecule has 0 radical (unpaired) electrons. The van der Waals surface area contributed by atoms with Crippen LogP contribution in [0.2, 0.25) is 0 Å². The van der Waals surface area contributed by atoms with Crippen LogP contribution in [0.4, 0.5) is 0 Å². The highest BCUT2D eigenvalue weighted by Gasteiger charge is 2.08. The third-order valence-corrected chi connectivity index (χ3v) is 3.10. The summed E-state index contributed by atoms with van der Waals surface area (Å²) in [5.74, 6) is 0.757. The van der Waals surface area contributed by atoms with Gasteiger partial charge in [0.1, 0.15) is 5.75 Å². The number of nitrogens with one attached hydrogen (secondary N) is 2. The van der Waals surface area contributed by atoms with Gasteiger partial charge >= 0.3 is 0 Å². The molecule has 1 aromatic rings. The summed E-state index contributed by atoms with van der Waals surface area (Å²) in [6.07, 6.45) is 2.08. The first-order valence-corrected chi connectivity index (χ1v) is 7.22. The van der Waals surface area contributed by atoms with Crippen LogP contribution in [0, 0.1) is 13.8 Å². The van der Waals surface area contributed by atoms with Crippen molar-refractivity contribution in [3.05, 3.63) is 28.8 Å². The van der Waals surface area contributed by atoms with E-state index in [4.69, 9.17) is 4.74 Å². The molecule has 1 amide bonds. The van der Waals surface area contributed by atoms with E-state index in [-0.39, 0.29) is 12.5 Å². The Morgan fingerprint density at radius 1 is 1.25 bits per heavy atom. The Balaban J connectivity index is 2.57. The number of amides is 1. The Bertz CT molecular complexity index is 421. The van der Waals surface area contributed by atoms with Crippen molar-refractivity contribution in [2.45, 2.75) is 40.2 Å². The average Bonchev–Trinajstić information content (AvgIpc) is 2.38. The van der Waals surface area contributed by atoms with E-state index in [0.29, 0.717) is 0 Å². The maximum atomic E-state index is 11.6. The summed E-state index contributed by atoms with van der Waals surface area (Å²) in [7, 11) is 1.93. The summed E-state index contributed by atoms with van der Waals surface area (Å²) in [4.78, 5) is 11.6. The number of hydrogen-bond acceptors (Lipinski definition) is 3. The van der Waals surface area contributed by atoms with E-state index in [1.807, 2.05) is 20.9 Å². The van der Waals surface area contributed by atoms with Crippen molar-refractivity contribution in [1.82, 2.24) is 10.6 Å². The smallest absolute Gasteiger partial charge is 0.257 e. The summed E-state index contributed by atoms with van der Waals surface area (Å²) in [6.45, 7) is 7.75. The van der Waals surface area contributed by atoms with E-state index in [9.17, 15) is 4.79 Å². The van der Waals surface area contributed by atoms with Gasteiger partial charge in [0.05, 0.1) is 0 Å². The summed E-state index contributed by atoms with van der Waals surface area (Å²) in [6, 6.07) is 4.18. The van der Waals surface area contributed by atoms with Gasteiger partial charge in [-0.1, -0.05) is 25.5 Å². The third-order valence-electron chi connectivity index (χ3n) is 3.10. The monoisotopic (exact) mass is 278 g/mol. The van der Waals surface area contributed by atoms with Gasteiger partial charge in [-0.25, -0.2) is 0 Å². The van der Waals surface area contributed by atoms with Crippen LogP contribution >= 0.6 is 0 Å². The number of aryl methyl sites for hydroxylation is 2. The van der Waals surface area contributed by atoms with Gasteiger partial charge in [-0.05, 0) is 44.0 Å². The summed E-state index contributed by atoms with van der Waals surface area (Å²) < 4.78 is 5.66. The molecule has 1 rings (SSSR count). The second kappa shape index (κ2) is 8.59. The van der Waals surface area contributed by atoms with Crippen molar-refractivity contribution < 1.29 is 9.53 Å². The van der Waals surface area contributed by atoms with Crippen molar-refractivity contribution in [1.29, 1.82) is 0 Å². The van der Waals surface area contributed by atoms with Crippen LogP contribution in [0.5, 0.6) is 5.75 Å². The van der Waals surface area contributed by atoms with Crippen molar-refractivity contribution in [2.75, 3.05) is 20.2 Å². The number of rotatable bonds is 8. The van der Waals surface area contributed by atoms with Crippen molar-refractivity contribution in [3.63, 3.8) is 0 Å². The number of carbonyl (C=O) groups is 1. The van der Waals surface area contributed by atoms with Gasteiger partial charge in [0.2, 0.25) is 0 Å². The molecule has 20 heavy (non-hydrogen) atoms. The lowest BCUT2D eigenvalue weighted by Gasteiger charge is -2.14. The topological polar surface area (TPSA) is 50.4 Å². The maximum absolute atomic E-state index is 11.6. The van der Waals surface area contributed by atoms with Crippen LogP contribution in [0.3, 0.4) is 0 Å². The van der Waals surface area contributed by atoms with E-state index >= 15 is 0 Å². The molecule has 4 nitrogen and oxygen atoms in total. The molecule has 0 aromatic heterocycles. The molecule has 0 saturated heterocycles. The molecule has 0 aliphatic rings. The first-order chi connectivity index (χ1) is 9.58. The Morgan fingerprint density at radius 2 is 1.90 bits per heavy atom. The van der Waals surface area contributed by atoms with Crippen LogP contribution in [0.15, 0.2) is 12.1 Å². The van der Waals surface area contributed by atoms with Crippen LogP contribution in [-0.4, -0.2) is 26.1 Å². The molecule has 112 valence electrons. The highest BCUT2D eigenvalue weighted by molar-refractivity contribution is 5.77. The van der Waals surface area contributed by atoms with Crippen molar-refractivity contribution in [2.24, 2.45) is 0 Å². The largest absolute Gasteiger partial charge is 0.483 e. The number of ether oxygens (including phenoxy) is 1. The van der Waals surface area contributed by atoms with E-state index in [0.717, 1.165) is 42.8 Å². The van der Waals surface area contributed by atoms with Gasteiger partial charge in [-0.3, -0.25) is 4.79 Å². The number of unbranched alkanes of at least 4 members (excludes halogenated alkanes) is 1. The third kappa shape index (κ3) is 5.21. The van der Waals surface area contributed by atoms with E-state index in [1.165, 1.54) is 5.56 Å². The van der Waals surface area contributed by atoms with Gasteiger partial charge in [0, 0.05) is 13.1 Å². The van der Waals surface area contributed by atoms with E-state index < -0.39 is 0 Å². The summed E-state index contributed by atoms with van der Waals surface area (Å²) in [5, 5.41) is 5.98. The normalized spacial score (nSPS) is 10.4. The highest BCUT2D eigenvalue weighted by atomic mass is 16.5. The van der Waals surface area contributed by atoms with Gasteiger partial charge in [0.15, 0.2) is 6.61 Å². The Hall–Kier alpha value is -1.55. The highest BCUT2D eigenvalue weighted by Crippen LogP contribution is 2.24. The zero-order chi connectivity index (χ0) is 15.0. The molecule has 0 spiro atoms. The number of hydrogen-bond donors (Lipinski definition) is 2. The predicted molar refractivity (Wildman–Crippen MR) is 82.1 cm³/mol. The predicted octanol–water partition coefficient (Wildman–Crippen LogP) is 2.32. The standard InChI is InChI=1S/C16H26N2O2/c1-5-6-7-18-15(19)11-20-16-12(2)8-14(10-17-4)9-13(16)3/h8-9,17H,5-7,10-11H2,1-4H3,(H,18,19). The second-order valence-electron chi connectivity index (χ2n) is 5.08. The zero-order valence-corrected chi connectivity index (χ0v) is 13.0. The SMILES string of the molecule is CCCCNC(=O)COc1c(C)cc(CNC)cc1C. The minimum Gasteiger partial charge on any atom is -0.483 e. The maximum Gasteiger partial charge on any atom is 0.257 e. The zero-order valence-electron chi connectivity index (χ0n) is 13.0. The molecular formula is C16H26N2O2. The molecule has 0 bridgehead atoms. The minimum atomic E-state index is -0.0587. The van der Waals surface area contributed by atoms with E-state index in [2.05, 4.69) is 29.7 Å². The summed E-state index contributed by atoms with van der Waals surface area (Å²) >= 11 is 0. The molecule has 0 aliphatic carbocycles. The number of carbonyl (C=O) groups excluding carboxylic acids is 1. The molecular weight excluding hydrogens is 252 g/mol.